The van der Waals surface area contributed by atoms with E-state index in [1.807, 2.05) is 0 Å². The van der Waals surface area contributed by atoms with Gasteiger partial charge in [0.1, 0.15) is 5.75 Å². The summed E-state index contributed by atoms with van der Waals surface area (Å²) in [5, 5.41) is 19.9. The van der Waals surface area contributed by atoms with Crippen LogP contribution in [0.5, 0.6) is 5.75 Å². The first-order valence-corrected chi connectivity index (χ1v) is 6.75. The maximum absolute atomic E-state index is 12.2. The number of hydrogen-bond donors (Lipinski definition) is 3. The highest BCUT2D eigenvalue weighted by molar-refractivity contribution is 6.04. The zero-order valence-electron chi connectivity index (χ0n) is 11.9. The van der Waals surface area contributed by atoms with Gasteiger partial charge in [0.2, 0.25) is 0 Å². The molecule has 7 nitrogen and oxygen atoms in total. The van der Waals surface area contributed by atoms with Gasteiger partial charge in [0.05, 0.1) is 11.6 Å². The van der Waals surface area contributed by atoms with Gasteiger partial charge in [-0.05, 0) is 35.9 Å². The molecule has 0 aliphatic rings. The van der Waals surface area contributed by atoms with E-state index in [4.69, 9.17) is 0 Å². The van der Waals surface area contributed by atoms with E-state index < -0.39 is 5.91 Å². The van der Waals surface area contributed by atoms with Crippen molar-refractivity contribution in [3.8, 4) is 5.75 Å². The molecule has 3 aromatic rings. The Morgan fingerprint density at radius 2 is 1.83 bits per heavy atom. The third-order valence-electron chi connectivity index (χ3n) is 3.18. The zero-order chi connectivity index (χ0) is 16.2. The molecule has 0 radical (unpaired) electrons. The summed E-state index contributed by atoms with van der Waals surface area (Å²) in [6.45, 7) is 0. The van der Waals surface area contributed by atoms with Crippen LogP contribution in [-0.4, -0.2) is 27.4 Å². The fourth-order valence-corrected chi connectivity index (χ4v) is 2.07. The number of H-pyrrole nitrogens is 1. The number of aromatic nitrogens is 2. The number of nitrogens with zero attached hydrogens (tertiary/aromatic N) is 2. The Morgan fingerprint density at radius 3 is 2.57 bits per heavy atom. The van der Waals surface area contributed by atoms with Crippen LogP contribution in [0.15, 0.2) is 58.4 Å². The maximum atomic E-state index is 12.2. The van der Waals surface area contributed by atoms with Crippen molar-refractivity contribution in [3.05, 3.63) is 70.1 Å². The number of phenols is 1. The number of amides is 1. The molecular weight excluding hydrogens is 296 g/mol. The van der Waals surface area contributed by atoms with Crippen LogP contribution in [0.4, 0.5) is 0 Å². The van der Waals surface area contributed by atoms with Crippen molar-refractivity contribution in [1.29, 1.82) is 0 Å². The maximum Gasteiger partial charge on any atom is 0.292 e. The Bertz CT molecular complexity index is 945. The second-order valence-electron chi connectivity index (χ2n) is 4.74. The van der Waals surface area contributed by atoms with Crippen molar-refractivity contribution in [2.45, 2.75) is 0 Å². The topological polar surface area (TPSA) is 107 Å². The first kappa shape index (κ1) is 14.5. The molecular formula is C16H12N4O3. The Kier molecular flexibility index (Phi) is 3.84. The number of aromatic amines is 1. The molecule has 0 spiro atoms. The number of benzene rings is 2. The van der Waals surface area contributed by atoms with Crippen molar-refractivity contribution in [1.82, 2.24) is 15.6 Å². The predicted molar refractivity (Wildman–Crippen MR) is 85.5 cm³/mol. The van der Waals surface area contributed by atoms with Crippen LogP contribution in [0, 0.1) is 0 Å². The van der Waals surface area contributed by atoms with Crippen LogP contribution >= 0.6 is 0 Å². The number of aromatic hydroxyl groups is 1. The minimum Gasteiger partial charge on any atom is -0.508 e. The van der Waals surface area contributed by atoms with Crippen molar-refractivity contribution < 1.29 is 9.90 Å². The molecule has 0 unspecified atom stereocenters. The average Bonchev–Trinajstić information content (AvgIpc) is 2.57. The van der Waals surface area contributed by atoms with Gasteiger partial charge in [-0.25, -0.2) is 10.5 Å². The first-order valence-electron chi connectivity index (χ1n) is 6.75. The van der Waals surface area contributed by atoms with Gasteiger partial charge < -0.3 is 5.11 Å². The van der Waals surface area contributed by atoms with Crippen LogP contribution in [0.2, 0.25) is 0 Å². The smallest absolute Gasteiger partial charge is 0.292 e. The fourth-order valence-electron chi connectivity index (χ4n) is 2.07. The van der Waals surface area contributed by atoms with Gasteiger partial charge in [-0.2, -0.15) is 10.2 Å². The molecule has 23 heavy (non-hydrogen) atoms. The number of hydrogen-bond acceptors (Lipinski definition) is 5. The summed E-state index contributed by atoms with van der Waals surface area (Å²) in [5.74, 6) is -0.387. The van der Waals surface area contributed by atoms with E-state index in [1.54, 1.807) is 36.4 Å². The lowest BCUT2D eigenvalue weighted by molar-refractivity contribution is 0.0951. The summed E-state index contributed by atoms with van der Waals surface area (Å²) in [7, 11) is 0. The van der Waals surface area contributed by atoms with Gasteiger partial charge in [0, 0.05) is 5.39 Å². The summed E-state index contributed by atoms with van der Waals surface area (Å²) >= 11 is 0. The second-order valence-corrected chi connectivity index (χ2v) is 4.74. The highest BCUT2D eigenvalue weighted by Gasteiger charge is 2.12. The van der Waals surface area contributed by atoms with E-state index in [9.17, 15) is 14.7 Å². The van der Waals surface area contributed by atoms with Crippen LogP contribution < -0.4 is 11.0 Å². The number of rotatable bonds is 3. The molecule has 3 N–H and O–H groups in total. The van der Waals surface area contributed by atoms with Gasteiger partial charge in [-0.3, -0.25) is 9.59 Å². The molecule has 0 aliphatic heterocycles. The number of carbonyl (C=O) groups excluding carboxylic acids is 1. The SMILES string of the molecule is O=C(N/N=C/c1ccc(O)cc1)c1n[nH]c(=O)c2ccccc12. The first-order chi connectivity index (χ1) is 11.1. The Morgan fingerprint density at radius 1 is 1.13 bits per heavy atom. The molecule has 0 aliphatic carbocycles. The standard InChI is InChI=1S/C16H12N4O3/c21-11-7-5-10(6-8-11)9-17-19-16(23)14-12-3-1-2-4-13(12)15(22)20-18-14/h1-9,21H,(H,19,23)(H,20,22)/b17-9+. The van der Waals surface area contributed by atoms with Crippen molar-refractivity contribution in [3.63, 3.8) is 0 Å². The molecule has 0 bridgehead atoms. The minimum atomic E-state index is -0.535. The minimum absolute atomic E-state index is 0.0862. The highest BCUT2D eigenvalue weighted by Crippen LogP contribution is 2.12. The van der Waals surface area contributed by atoms with Crippen LogP contribution in [0.25, 0.3) is 10.8 Å². The molecule has 2 aromatic carbocycles. The Hall–Kier alpha value is -3.48. The molecule has 1 aromatic heterocycles. The molecule has 0 fully saturated rings. The quantitative estimate of drug-likeness (QED) is 0.502. The second kappa shape index (κ2) is 6.10. The summed E-state index contributed by atoms with van der Waals surface area (Å²) in [5.41, 5.74) is 2.80. The summed E-state index contributed by atoms with van der Waals surface area (Å²) in [6.07, 6.45) is 1.44. The van der Waals surface area contributed by atoms with E-state index in [0.29, 0.717) is 16.3 Å². The molecule has 0 saturated carbocycles. The molecule has 1 heterocycles. The molecule has 3 rings (SSSR count). The van der Waals surface area contributed by atoms with Crippen molar-refractivity contribution in [2.24, 2.45) is 5.10 Å². The normalized spacial score (nSPS) is 11.0. The largest absolute Gasteiger partial charge is 0.508 e. The molecule has 7 heteroatoms. The Balaban J connectivity index is 1.83. The Labute approximate surface area is 130 Å². The van der Waals surface area contributed by atoms with Gasteiger partial charge in [-0.1, -0.05) is 18.2 Å². The third-order valence-corrected chi connectivity index (χ3v) is 3.18. The number of nitrogens with one attached hydrogen (secondary N) is 2. The highest BCUT2D eigenvalue weighted by atomic mass is 16.3. The summed E-state index contributed by atoms with van der Waals surface area (Å²) in [4.78, 5) is 23.8. The van der Waals surface area contributed by atoms with Crippen LogP contribution in [0.3, 0.4) is 0 Å². The zero-order valence-corrected chi connectivity index (χ0v) is 11.9. The monoisotopic (exact) mass is 308 g/mol. The number of carbonyl (C=O) groups is 1. The lowest BCUT2D eigenvalue weighted by Crippen LogP contribution is -2.22. The van der Waals surface area contributed by atoms with E-state index >= 15 is 0 Å². The predicted octanol–water partition coefficient (Wildman–Crippen LogP) is 1.39. The van der Waals surface area contributed by atoms with Crippen LogP contribution in [-0.2, 0) is 0 Å². The number of hydrazone groups is 1. The third kappa shape index (κ3) is 3.08. The van der Waals surface area contributed by atoms with E-state index in [0.717, 1.165) is 0 Å². The molecule has 0 saturated heterocycles. The van der Waals surface area contributed by atoms with Crippen molar-refractivity contribution in [2.75, 3.05) is 0 Å². The van der Waals surface area contributed by atoms with Crippen molar-refractivity contribution >= 4 is 22.9 Å². The van der Waals surface area contributed by atoms with Gasteiger partial charge in [-0.15, -0.1) is 0 Å². The molecule has 0 atom stereocenters. The van der Waals surface area contributed by atoms with Gasteiger partial charge >= 0.3 is 0 Å². The fraction of sp³-hybridized carbons (Fsp3) is 0. The van der Waals surface area contributed by atoms with E-state index in [2.05, 4.69) is 20.7 Å². The molecule has 1 amide bonds. The summed E-state index contributed by atoms with van der Waals surface area (Å²) < 4.78 is 0. The average molecular weight is 308 g/mol. The van der Waals surface area contributed by atoms with Gasteiger partial charge in [0.15, 0.2) is 5.69 Å². The summed E-state index contributed by atoms with van der Waals surface area (Å²) in [6, 6.07) is 13.0. The number of fused-ring (bicyclic) bond motifs is 1. The van der Waals surface area contributed by atoms with E-state index in [1.165, 1.54) is 18.3 Å². The lowest BCUT2D eigenvalue weighted by atomic mass is 10.1. The van der Waals surface area contributed by atoms with Gasteiger partial charge in [0.25, 0.3) is 11.5 Å². The molecule has 114 valence electrons. The van der Waals surface area contributed by atoms with Crippen LogP contribution in [0.1, 0.15) is 16.1 Å². The number of phenolic OH excluding ortho intramolecular Hbond substituents is 1. The lowest BCUT2D eigenvalue weighted by Gasteiger charge is -2.03. The van der Waals surface area contributed by atoms with E-state index in [-0.39, 0.29) is 17.0 Å².